The number of aromatic nitrogens is 4. The van der Waals surface area contributed by atoms with Crippen molar-refractivity contribution in [2.24, 2.45) is 0 Å². The van der Waals surface area contributed by atoms with Crippen molar-refractivity contribution in [2.45, 2.75) is 25.5 Å². The Balaban J connectivity index is 1.81. The molecule has 9 heteroatoms. The standard InChI is InChI=1S/C13H13ClN4O4/c1-2-21-13(20)22-8-4-3-7(5-8)18-6-15-9-10(18)16-12(14)17-11(9)19/h3-4,6-8H,2,5H2,1H3,(H,16,17,19)/t7-,8+/m0/s1. The van der Waals surface area contributed by atoms with Gasteiger partial charge < -0.3 is 14.0 Å². The second-order valence-corrected chi connectivity index (χ2v) is 5.07. The van der Waals surface area contributed by atoms with Crippen LogP contribution >= 0.6 is 11.6 Å². The molecule has 2 aromatic rings. The van der Waals surface area contributed by atoms with Gasteiger partial charge in [-0.05, 0) is 24.6 Å². The van der Waals surface area contributed by atoms with Gasteiger partial charge in [-0.1, -0.05) is 6.08 Å². The van der Waals surface area contributed by atoms with E-state index in [1.54, 1.807) is 17.6 Å². The maximum Gasteiger partial charge on any atom is 0.508 e. The topological polar surface area (TPSA) is 99.1 Å². The maximum atomic E-state index is 11.7. The van der Waals surface area contributed by atoms with Crippen molar-refractivity contribution < 1.29 is 14.3 Å². The first-order chi connectivity index (χ1) is 10.6. The Bertz CT molecular complexity index is 797. The Morgan fingerprint density at radius 1 is 1.55 bits per heavy atom. The van der Waals surface area contributed by atoms with Gasteiger partial charge in [-0.25, -0.2) is 9.78 Å². The molecule has 0 amide bonds. The number of aromatic amines is 1. The summed E-state index contributed by atoms with van der Waals surface area (Å²) >= 11 is 5.78. The molecule has 2 aromatic heterocycles. The number of carbonyl (C=O) groups excluding carboxylic acids is 1. The van der Waals surface area contributed by atoms with E-state index in [-0.39, 0.29) is 29.6 Å². The van der Waals surface area contributed by atoms with Crippen molar-refractivity contribution >= 4 is 28.9 Å². The maximum absolute atomic E-state index is 11.7. The SMILES string of the molecule is CCOC(=O)O[C@@H]1C=C[C@H](n2cnc3c(=O)[nH]c(Cl)nc32)C1. The number of nitrogens with zero attached hydrogens (tertiary/aromatic N) is 3. The van der Waals surface area contributed by atoms with Crippen LogP contribution < -0.4 is 5.56 Å². The van der Waals surface area contributed by atoms with E-state index in [2.05, 4.69) is 15.0 Å². The molecule has 2 heterocycles. The van der Waals surface area contributed by atoms with E-state index < -0.39 is 11.7 Å². The summed E-state index contributed by atoms with van der Waals surface area (Å²) in [5.74, 6) is 0. The minimum Gasteiger partial charge on any atom is -0.435 e. The van der Waals surface area contributed by atoms with Crippen LogP contribution in [-0.4, -0.2) is 38.4 Å². The molecule has 116 valence electrons. The first-order valence-electron chi connectivity index (χ1n) is 6.72. The number of ether oxygens (including phenoxy) is 2. The lowest BCUT2D eigenvalue weighted by atomic mass is 10.2. The van der Waals surface area contributed by atoms with Crippen molar-refractivity contribution in [3.63, 3.8) is 0 Å². The van der Waals surface area contributed by atoms with Crippen molar-refractivity contribution in [1.29, 1.82) is 0 Å². The normalized spacial score (nSPS) is 20.5. The number of hydrogen-bond acceptors (Lipinski definition) is 6. The predicted octanol–water partition coefficient (Wildman–Crippen LogP) is 1.82. The van der Waals surface area contributed by atoms with Gasteiger partial charge in [0.25, 0.3) is 5.56 Å². The number of rotatable bonds is 3. The average Bonchev–Trinajstić information content (AvgIpc) is 3.05. The number of fused-ring (bicyclic) bond motifs is 1. The molecule has 8 nitrogen and oxygen atoms in total. The molecule has 0 radical (unpaired) electrons. The van der Waals surface area contributed by atoms with Crippen LogP contribution in [0.25, 0.3) is 11.2 Å². The van der Waals surface area contributed by atoms with Crippen molar-refractivity contribution in [2.75, 3.05) is 6.61 Å². The smallest absolute Gasteiger partial charge is 0.435 e. The lowest BCUT2D eigenvalue weighted by Gasteiger charge is -2.14. The highest BCUT2D eigenvalue weighted by molar-refractivity contribution is 6.28. The Morgan fingerprint density at radius 2 is 2.36 bits per heavy atom. The number of carbonyl (C=O) groups is 1. The third-order valence-electron chi connectivity index (χ3n) is 3.29. The van der Waals surface area contributed by atoms with Gasteiger partial charge in [-0.2, -0.15) is 4.98 Å². The molecule has 1 aliphatic rings. The summed E-state index contributed by atoms with van der Waals surface area (Å²) in [4.78, 5) is 33.6. The summed E-state index contributed by atoms with van der Waals surface area (Å²) in [6.07, 6.45) is 4.57. The summed E-state index contributed by atoms with van der Waals surface area (Å²) < 4.78 is 11.6. The van der Waals surface area contributed by atoms with Gasteiger partial charge in [0.15, 0.2) is 11.2 Å². The van der Waals surface area contributed by atoms with Crippen LogP contribution in [0.1, 0.15) is 19.4 Å². The van der Waals surface area contributed by atoms with Gasteiger partial charge >= 0.3 is 6.16 Å². The fourth-order valence-electron chi connectivity index (χ4n) is 2.36. The quantitative estimate of drug-likeness (QED) is 0.525. The van der Waals surface area contributed by atoms with E-state index in [9.17, 15) is 9.59 Å². The van der Waals surface area contributed by atoms with Gasteiger partial charge in [-0.15, -0.1) is 0 Å². The zero-order valence-electron chi connectivity index (χ0n) is 11.7. The van der Waals surface area contributed by atoms with E-state index in [0.29, 0.717) is 12.1 Å². The second kappa shape index (κ2) is 5.80. The second-order valence-electron chi connectivity index (χ2n) is 4.71. The van der Waals surface area contributed by atoms with E-state index in [1.165, 1.54) is 6.33 Å². The van der Waals surface area contributed by atoms with Crippen molar-refractivity contribution in [3.8, 4) is 0 Å². The van der Waals surface area contributed by atoms with E-state index in [4.69, 9.17) is 21.1 Å². The number of H-pyrrole nitrogens is 1. The van der Waals surface area contributed by atoms with E-state index in [0.717, 1.165) is 0 Å². The molecule has 0 fully saturated rings. The number of imidazole rings is 1. The minimum atomic E-state index is -0.703. The van der Waals surface area contributed by atoms with Crippen LogP contribution in [-0.2, 0) is 9.47 Å². The third kappa shape index (κ3) is 2.69. The van der Waals surface area contributed by atoms with E-state index >= 15 is 0 Å². The van der Waals surface area contributed by atoms with Crippen LogP contribution in [0.3, 0.4) is 0 Å². The highest BCUT2D eigenvalue weighted by atomic mass is 35.5. The van der Waals surface area contributed by atoms with Crippen LogP contribution in [0.4, 0.5) is 4.79 Å². The van der Waals surface area contributed by atoms with Crippen molar-refractivity contribution in [1.82, 2.24) is 19.5 Å². The first kappa shape index (κ1) is 14.6. The highest BCUT2D eigenvalue weighted by Crippen LogP contribution is 2.27. The van der Waals surface area contributed by atoms with Gasteiger partial charge in [0.05, 0.1) is 19.0 Å². The zero-order valence-corrected chi connectivity index (χ0v) is 12.4. The molecule has 1 aliphatic carbocycles. The zero-order chi connectivity index (χ0) is 15.7. The summed E-state index contributed by atoms with van der Waals surface area (Å²) in [5.41, 5.74) is 0.211. The highest BCUT2D eigenvalue weighted by Gasteiger charge is 2.25. The lowest BCUT2D eigenvalue weighted by molar-refractivity contribution is 0.0387. The largest absolute Gasteiger partial charge is 0.508 e. The van der Waals surface area contributed by atoms with Crippen molar-refractivity contribution in [3.05, 3.63) is 34.1 Å². The molecule has 1 N–H and O–H groups in total. The summed E-state index contributed by atoms with van der Waals surface area (Å²) in [6, 6.07) is -0.130. The van der Waals surface area contributed by atoms with Gasteiger partial charge in [0.1, 0.15) is 6.10 Å². The Hall–Kier alpha value is -2.35. The molecule has 0 spiro atoms. The summed E-state index contributed by atoms with van der Waals surface area (Å²) in [6.45, 7) is 1.97. The molecular weight excluding hydrogens is 312 g/mol. The van der Waals surface area contributed by atoms with Crippen LogP contribution in [0.5, 0.6) is 0 Å². The monoisotopic (exact) mass is 324 g/mol. The molecule has 0 unspecified atom stereocenters. The Kier molecular flexibility index (Phi) is 3.84. The predicted molar refractivity (Wildman–Crippen MR) is 77.8 cm³/mol. The molecule has 0 saturated carbocycles. The fraction of sp³-hybridized carbons (Fsp3) is 0.385. The Labute approximate surface area is 129 Å². The number of nitrogens with one attached hydrogen (secondary N) is 1. The Morgan fingerprint density at radius 3 is 3.14 bits per heavy atom. The van der Waals surface area contributed by atoms with E-state index in [1.807, 2.05) is 6.08 Å². The average molecular weight is 325 g/mol. The lowest BCUT2D eigenvalue weighted by Crippen LogP contribution is -2.17. The molecule has 2 atom stereocenters. The third-order valence-corrected chi connectivity index (χ3v) is 3.47. The molecule has 0 aromatic carbocycles. The first-order valence-corrected chi connectivity index (χ1v) is 7.10. The minimum absolute atomic E-state index is 0.000509. The van der Waals surface area contributed by atoms with Crippen LogP contribution in [0.15, 0.2) is 23.3 Å². The number of allylic oxidation sites excluding steroid dienone is 1. The molecule has 3 rings (SSSR count). The molecule has 22 heavy (non-hydrogen) atoms. The van der Waals surface area contributed by atoms with Crippen LogP contribution in [0.2, 0.25) is 5.28 Å². The fourth-order valence-corrected chi connectivity index (χ4v) is 2.52. The molecule has 0 aliphatic heterocycles. The van der Waals surface area contributed by atoms with Gasteiger partial charge in [0, 0.05) is 6.42 Å². The number of halogens is 1. The summed E-state index contributed by atoms with van der Waals surface area (Å²) in [7, 11) is 0. The van der Waals surface area contributed by atoms with Crippen LogP contribution in [0, 0.1) is 0 Å². The van der Waals surface area contributed by atoms with Gasteiger partial charge in [0.2, 0.25) is 5.28 Å². The van der Waals surface area contributed by atoms with Gasteiger partial charge in [-0.3, -0.25) is 9.78 Å². The number of hydrogen-bond donors (Lipinski definition) is 1. The summed E-state index contributed by atoms with van der Waals surface area (Å²) in [5, 5.41) is 0.000509. The molecule has 0 saturated heterocycles. The molecule has 0 bridgehead atoms. The molecular formula is C13H13ClN4O4.